The van der Waals surface area contributed by atoms with E-state index < -0.39 is 10.8 Å². The molecule has 0 bridgehead atoms. The monoisotopic (exact) mass is 498 g/mol. The van der Waals surface area contributed by atoms with E-state index in [2.05, 4.69) is 20.9 Å². The van der Waals surface area contributed by atoms with Gasteiger partial charge in [0, 0.05) is 17.1 Å². The Morgan fingerprint density at radius 1 is 1.21 bits per heavy atom. The number of nitrogens with zero attached hydrogens (tertiary/aromatic N) is 4. The first-order valence-corrected chi connectivity index (χ1v) is 10.2. The first-order valence-electron chi connectivity index (χ1n) is 8.63. The third-order valence-corrected chi connectivity index (χ3v) is 5.67. The summed E-state index contributed by atoms with van der Waals surface area (Å²) in [5.41, 5.74) is 0.655. The second-order valence-corrected chi connectivity index (χ2v) is 8.42. The summed E-state index contributed by atoms with van der Waals surface area (Å²) < 4.78 is 1.87. The highest BCUT2D eigenvalue weighted by molar-refractivity contribution is 9.10. The number of rotatable bonds is 7. The molecule has 0 radical (unpaired) electrons. The zero-order valence-corrected chi connectivity index (χ0v) is 19.1. The lowest BCUT2D eigenvalue weighted by molar-refractivity contribution is -0.385. The van der Waals surface area contributed by atoms with Crippen LogP contribution in [0.2, 0.25) is 0 Å². The van der Waals surface area contributed by atoms with Crippen molar-refractivity contribution in [1.82, 2.24) is 9.88 Å². The third-order valence-electron chi connectivity index (χ3n) is 4.13. The minimum absolute atomic E-state index is 0. The highest BCUT2D eigenvalue weighted by Crippen LogP contribution is 2.32. The van der Waals surface area contributed by atoms with Crippen molar-refractivity contribution in [3.8, 4) is 0 Å². The first-order chi connectivity index (χ1) is 13.4. The zero-order valence-electron chi connectivity index (χ0n) is 15.9. The van der Waals surface area contributed by atoms with E-state index in [4.69, 9.17) is 0 Å². The lowest BCUT2D eigenvalue weighted by Crippen LogP contribution is -2.33. The van der Waals surface area contributed by atoms with Crippen LogP contribution in [0.5, 0.6) is 0 Å². The molecule has 0 saturated heterocycles. The van der Waals surface area contributed by atoms with Crippen molar-refractivity contribution in [2.75, 3.05) is 32.1 Å². The van der Waals surface area contributed by atoms with Crippen LogP contribution in [-0.4, -0.2) is 47.9 Å². The lowest BCUT2D eigenvalue weighted by atomic mass is 10.1. The molecule has 154 valence electrons. The van der Waals surface area contributed by atoms with Crippen LogP contribution in [0, 0.1) is 10.1 Å². The SMILES string of the molecule is CN(C)CCCN(C(=O)c1ccccc1[N+](=O)[O-])c1nc2ccc(Br)cc2s1.Cl. The fourth-order valence-corrected chi connectivity index (χ4v) is 4.33. The molecule has 1 heterocycles. The van der Waals surface area contributed by atoms with Crippen LogP contribution in [0.1, 0.15) is 16.8 Å². The Labute approximate surface area is 187 Å². The van der Waals surface area contributed by atoms with E-state index in [1.54, 1.807) is 17.0 Å². The fraction of sp³-hybridized carbons (Fsp3) is 0.263. The predicted octanol–water partition coefficient (Wildman–Crippen LogP) is 4.99. The molecule has 3 aromatic rings. The molecule has 0 N–H and O–H groups in total. The zero-order chi connectivity index (χ0) is 20.3. The van der Waals surface area contributed by atoms with Gasteiger partial charge in [-0.15, -0.1) is 12.4 Å². The van der Waals surface area contributed by atoms with Crippen molar-refractivity contribution in [1.29, 1.82) is 0 Å². The molecule has 29 heavy (non-hydrogen) atoms. The maximum absolute atomic E-state index is 13.3. The van der Waals surface area contributed by atoms with Gasteiger partial charge in [-0.2, -0.15) is 0 Å². The second kappa shape index (κ2) is 10.1. The largest absolute Gasteiger partial charge is 0.309 e. The Balaban J connectivity index is 0.00000300. The van der Waals surface area contributed by atoms with E-state index in [1.165, 1.54) is 23.5 Å². The van der Waals surface area contributed by atoms with E-state index in [0.29, 0.717) is 11.7 Å². The molecule has 0 saturated carbocycles. The number of hydrogen-bond donors (Lipinski definition) is 0. The predicted molar refractivity (Wildman–Crippen MR) is 123 cm³/mol. The van der Waals surface area contributed by atoms with Crippen LogP contribution >= 0.6 is 39.7 Å². The van der Waals surface area contributed by atoms with Crippen LogP contribution < -0.4 is 4.90 Å². The van der Waals surface area contributed by atoms with E-state index in [1.807, 2.05) is 37.2 Å². The molecule has 7 nitrogen and oxygen atoms in total. The van der Waals surface area contributed by atoms with E-state index in [9.17, 15) is 14.9 Å². The van der Waals surface area contributed by atoms with Crippen molar-refractivity contribution < 1.29 is 9.72 Å². The topological polar surface area (TPSA) is 79.6 Å². The number of anilines is 1. The number of thiazole rings is 1. The van der Waals surface area contributed by atoms with Gasteiger partial charge in [-0.3, -0.25) is 19.8 Å². The molecule has 1 amide bonds. The molecule has 0 aliphatic heterocycles. The van der Waals surface area contributed by atoms with Crippen LogP contribution in [0.4, 0.5) is 10.8 Å². The smallest absolute Gasteiger partial charge is 0.282 e. The average molecular weight is 500 g/mol. The summed E-state index contributed by atoms with van der Waals surface area (Å²) >= 11 is 4.84. The summed E-state index contributed by atoms with van der Waals surface area (Å²) in [6, 6.07) is 11.8. The molecule has 0 aliphatic rings. The highest BCUT2D eigenvalue weighted by Gasteiger charge is 2.27. The van der Waals surface area contributed by atoms with Gasteiger partial charge in [-0.1, -0.05) is 39.4 Å². The number of carbonyl (C=O) groups excluding carboxylic acids is 1. The van der Waals surface area contributed by atoms with Gasteiger partial charge >= 0.3 is 0 Å². The Bertz CT molecular complexity index is 1030. The number of hydrogen-bond acceptors (Lipinski definition) is 6. The highest BCUT2D eigenvalue weighted by atomic mass is 79.9. The van der Waals surface area contributed by atoms with E-state index in [-0.39, 0.29) is 23.7 Å². The number of nitro benzene ring substituents is 1. The number of aromatic nitrogens is 1. The Morgan fingerprint density at radius 3 is 2.62 bits per heavy atom. The van der Waals surface area contributed by atoms with Gasteiger partial charge in [0.15, 0.2) is 5.13 Å². The van der Waals surface area contributed by atoms with Gasteiger partial charge in [0.1, 0.15) is 5.56 Å². The summed E-state index contributed by atoms with van der Waals surface area (Å²) in [5, 5.41) is 11.9. The summed E-state index contributed by atoms with van der Waals surface area (Å²) in [6.07, 6.45) is 0.721. The average Bonchev–Trinajstić information content (AvgIpc) is 3.07. The quantitative estimate of drug-likeness (QED) is 0.338. The number of fused-ring (bicyclic) bond motifs is 1. The summed E-state index contributed by atoms with van der Waals surface area (Å²) in [6.45, 7) is 1.21. The fourth-order valence-electron chi connectivity index (χ4n) is 2.79. The molecular weight excluding hydrogens is 480 g/mol. The third kappa shape index (κ3) is 5.51. The molecule has 0 fully saturated rings. The Morgan fingerprint density at radius 2 is 1.93 bits per heavy atom. The van der Waals surface area contributed by atoms with Crippen LogP contribution in [0.3, 0.4) is 0 Å². The lowest BCUT2D eigenvalue weighted by Gasteiger charge is -2.21. The van der Waals surface area contributed by atoms with Crippen LogP contribution in [0.25, 0.3) is 10.2 Å². The molecule has 0 unspecified atom stereocenters. The molecule has 3 rings (SSSR count). The van der Waals surface area contributed by atoms with Gasteiger partial charge in [-0.05, 0) is 51.3 Å². The van der Waals surface area contributed by atoms with Gasteiger partial charge < -0.3 is 4.90 Å². The van der Waals surface area contributed by atoms with Gasteiger partial charge in [-0.25, -0.2) is 4.98 Å². The molecule has 2 aromatic carbocycles. The number of nitro groups is 1. The summed E-state index contributed by atoms with van der Waals surface area (Å²) in [5.74, 6) is -0.413. The van der Waals surface area contributed by atoms with Gasteiger partial charge in [0.05, 0.1) is 15.1 Å². The number of amides is 1. The number of halogens is 2. The minimum Gasteiger partial charge on any atom is -0.309 e. The maximum Gasteiger partial charge on any atom is 0.282 e. The number of carbonyl (C=O) groups is 1. The second-order valence-electron chi connectivity index (χ2n) is 6.50. The van der Waals surface area contributed by atoms with Crippen molar-refractivity contribution in [3.63, 3.8) is 0 Å². The maximum atomic E-state index is 13.3. The van der Waals surface area contributed by atoms with Gasteiger partial charge in [0.2, 0.25) is 0 Å². The van der Waals surface area contributed by atoms with Crippen molar-refractivity contribution in [2.45, 2.75) is 6.42 Å². The first kappa shape index (κ1) is 23.2. The van der Waals surface area contributed by atoms with Crippen LogP contribution in [-0.2, 0) is 0 Å². The molecular formula is C19H20BrClN4O3S. The Kier molecular flexibility index (Phi) is 8.09. The van der Waals surface area contributed by atoms with E-state index in [0.717, 1.165) is 27.7 Å². The summed E-state index contributed by atoms with van der Waals surface area (Å²) in [7, 11) is 3.92. The van der Waals surface area contributed by atoms with E-state index >= 15 is 0 Å². The number of para-hydroxylation sites is 1. The molecule has 0 spiro atoms. The van der Waals surface area contributed by atoms with Crippen LogP contribution in [0.15, 0.2) is 46.9 Å². The van der Waals surface area contributed by atoms with Crippen molar-refractivity contribution in [3.05, 3.63) is 62.6 Å². The van der Waals surface area contributed by atoms with Crippen molar-refractivity contribution >= 4 is 66.6 Å². The minimum atomic E-state index is -0.527. The molecule has 1 aromatic heterocycles. The van der Waals surface area contributed by atoms with Crippen molar-refractivity contribution in [2.24, 2.45) is 0 Å². The number of benzene rings is 2. The normalized spacial score (nSPS) is 10.8. The summed E-state index contributed by atoms with van der Waals surface area (Å²) in [4.78, 5) is 32.3. The molecule has 0 aliphatic carbocycles. The molecule has 0 atom stereocenters. The Hall–Kier alpha value is -2.07. The molecule has 10 heteroatoms. The standard InChI is InChI=1S/C19H19BrN4O3S.ClH/c1-22(2)10-5-11-23(18(25)14-6-3-4-7-16(14)24(26)27)19-21-15-9-8-13(20)12-17(15)28-19;/h3-4,6-9,12H,5,10-11H2,1-2H3;1H. The van der Waals surface area contributed by atoms with Gasteiger partial charge in [0.25, 0.3) is 11.6 Å².